The lowest BCUT2D eigenvalue weighted by Crippen LogP contribution is -2.30. The molecule has 0 radical (unpaired) electrons. The molecule has 3 aromatic rings. The van der Waals surface area contributed by atoms with Gasteiger partial charge in [0.05, 0.1) is 21.1 Å². The first-order valence-electron chi connectivity index (χ1n) is 8.63. The van der Waals surface area contributed by atoms with Crippen LogP contribution in [0.3, 0.4) is 0 Å². The highest BCUT2D eigenvalue weighted by Gasteiger charge is 2.27. The van der Waals surface area contributed by atoms with Crippen LogP contribution < -0.4 is 11.1 Å². The number of nitrogens with two attached hydrogens (primary N) is 1. The van der Waals surface area contributed by atoms with Crippen molar-refractivity contribution >= 4 is 45.6 Å². The van der Waals surface area contributed by atoms with Gasteiger partial charge in [0.15, 0.2) is 0 Å². The second-order valence-corrected chi connectivity index (χ2v) is 7.79. The van der Waals surface area contributed by atoms with Gasteiger partial charge in [-0.25, -0.2) is 4.98 Å². The van der Waals surface area contributed by atoms with Crippen molar-refractivity contribution in [2.45, 2.75) is 31.7 Å². The highest BCUT2D eigenvalue weighted by Crippen LogP contribution is 2.43. The van der Waals surface area contributed by atoms with E-state index < -0.39 is 0 Å². The molecule has 3 N–H and O–H groups in total. The van der Waals surface area contributed by atoms with Gasteiger partial charge in [-0.3, -0.25) is 4.79 Å². The molecule has 1 amide bonds. The molecule has 4 nitrogen and oxygen atoms in total. The molecule has 1 fully saturated rings. The molecule has 1 heterocycles. The molecule has 4 rings (SSSR count). The first-order valence-corrected chi connectivity index (χ1v) is 9.45. The molecule has 136 valence electrons. The van der Waals surface area contributed by atoms with E-state index in [2.05, 4.69) is 10.3 Å². The quantitative estimate of drug-likeness (QED) is 0.656. The fraction of sp³-hybridized carbons (Fsp3) is 0.300. The van der Waals surface area contributed by atoms with E-state index in [1.807, 2.05) is 55.5 Å². The SMILES string of the molecule is CC(C(=O)Nc1ccc2nc(C3CC3)sc2c1)C(N)c1ccccc1.Cl. The Labute approximate surface area is 163 Å². The van der Waals surface area contributed by atoms with Gasteiger partial charge in [-0.15, -0.1) is 23.7 Å². The molecule has 0 spiro atoms. The number of hydrogen-bond acceptors (Lipinski definition) is 4. The van der Waals surface area contributed by atoms with Crippen LogP contribution in [0.15, 0.2) is 48.5 Å². The van der Waals surface area contributed by atoms with Crippen LogP contribution in [0.5, 0.6) is 0 Å². The molecule has 2 unspecified atom stereocenters. The number of amides is 1. The number of thiazole rings is 1. The number of rotatable bonds is 5. The average Bonchev–Trinajstić information content (AvgIpc) is 3.40. The minimum atomic E-state index is -0.324. The number of hydrogen-bond donors (Lipinski definition) is 2. The van der Waals surface area contributed by atoms with Gasteiger partial charge in [0.1, 0.15) is 0 Å². The van der Waals surface area contributed by atoms with Crippen molar-refractivity contribution < 1.29 is 4.79 Å². The normalized spacial score (nSPS) is 15.9. The smallest absolute Gasteiger partial charge is 0.229 e. The number of fused-ring (bicyclic) bond motifs is 1. The molecule has 0 bridgehead atoms. The molecule has 2 atom stereocenters. The van der Waals surface area contributed by atoms with Crippen molar-refractivity contribution in [2.75, 3.05) is 5.32 Å². The van der Waals surface area contributed by atoms with E-state index in [1.165, 1.54) is 17.8 Å². The van der Waals surface area contributed by atoms with Crippen molar-refractivity contribution in [3.63, 3.8) is 0 Å². The second-order valence-electron chi connectivity index (χ2n) is 6.72. The van der Waals surface area contributed by atoms with E-state index in [0.717, 1.165) is 21.5 Å². The predicted octanol–water partition coefficient (Wildman–Crippen LogP) is 4.87. The van der Waals surface area contributed by atoms with Crippen LogP contribution in [0.4, 0.5) is 5.69 Å². The fourth-order valence-corrected chi connectivity index (χ4v) is 4.08. The fourth-order valence-electron chi connectivity index (χ4n) is 2.91. The maximum absolute atomic E-state index is 12.6. The van der Waals surface area contributed by atoms with Gasteiger partial charge < -0.3 is 11.1 Å². The van der Waals surface area contributed by atoms with Gasteiger partial charge in [-0.1, -0.05) is 37.3 Å². The van der Waals surface area contributed by atoms with Crippen molar-refractivity contribution in [2.24, 2.45) is 11.7 Å². The molecule has 26 heavy (non-hydrogen) atoms. The van der Waals surface area contributed by atoms with E-state index in [0.29, 0.717) is 5.92 Å². The van der Waals surface area contributed by atoms with E-state index in [1.54, 1.807) is 11.3 Å². The average molecular weight is 388 g/mol. The van der Waals surface area contributed by atoms with Crippen molar-refractivity contribution in [1.82, 2.24) is 4.98 Å². The summed E-state index contributed by atoms with van der Waals surface area (Å²) >= 11 is 1.73. The number of benzene rings is 2. The van der Waals surface area contributed by atoms with Gasteiger partial charge >= 0.3 is 0 Å². The molecule has 0 aliphatic heterocycles. The van der Waals surface area contributed by atoms with Crippen molar-refractivity contribution in [3.8, 4) is 0 Å². The molecular weight excluding hydrogens is 366 g/mol. The van der Waals surface area contributed by atoms with E-state index in [9.17, 15) is 4.79 Å². The number of halogens is 1. The lowest BCUT2D eigenvalue weighted by atomic mass is 9.94. The van der Waals surface area contributed by atoms with E-state index >= 15 is 0 Å². The Kier molecular flexibility index (Phi) is 5.61. The van der Waals surface area contributed by atoms with E-state index in [4.69, 9.17) is 5.73 Å². The standard InChI is InChI=1S/C20H21N3OS.ClH/c1-12(18(21)13-5-3-2-4-6-13)19(24)22-15-9-10-16-17(11-15)25-20(23-16)14-7-8-14;/h2-6,9-12,14,18H,7-8,21H2,1H3,(H,22,24);1H. The summed E-state index contributed by atoms with van der Waals surface area (Å²) in [5.74, 6) is 0.267. The van der Waals surface area contributed by atoms with Gasteiger partial charge in [0, 0.05) is 17.6 Å². The Balaban J connectivity index is 0.00000196. The Hall–Kier alpha value is -1.95. The molecular formula is C20H22ClN3OS. The highest BCUT2D eigenvalue weighted by molar-refractivity contribution is 7.18. The molecule has 6 heteroatoms. The van der Waals surface area contributed by atoms with Crippen LogP contribution in [0.2, 0.25) is 0 Å². The zero-order chi connectivity index (χ0) is 17.4. The van der Waals surface area contributed by atoms with Gasteiger partial charge in [-0.05, 0) is 36.6 Å². The summed E-state index contributed by atoms with van der Waals surface area (Å²) in [6.45, 7) is 1.86. The minimum Gasteiger partial charge on any atom is -0.326 e. The number of nitrogens with zero attached hydrogens (tertiary/aromatic N) is 1. The number of carbonyl (C=O) groups is 1. The third kappa shape index (κ3) is 3.90. The highest BCUT2D eigenvalue weighted by atomic mass is 35.5. The minimum absolute atomic E-state index is 0. The molecule has 1 aliphatic carbocycles. The number of aromatic nitrogens is 1. The molecule has 1 aliphatic rings. The monoisotopic (exact) mass is 387 g/mol. The van der Waals surface area contributed by atoms with Crippen LogP contribution in [0, 0.1) is 5.92 Å². The zero-order valence-corrected chi connectivity index (χ0v) is 16.1. The van der Waals surface area contributed by atoms with Crippen LogP contribution in [-0.2, 0) is 4.79 Å². The molecule has 1 saturated carbocycles. The number of carbonyl (C=O) groups excluding carboxylic acids is 1. The van der Waals surface area contributed by atoms with Crippen molar-refractivity contribution in [1.29, 1.82) is 0 Å². The maximum Gasteiger partial charge on any atom is 0.229 e. The topological polar surface area (TPSA) is 68.0 Å². The Morgan fingerprint density at radius 2 is 1.96 bits per heavy atom. The summed E-state index contributed by atoms with van der Waals surface area (Å²) in [4.78, 5) is 17.3. The van der Waals surface area contributed by atoms with Crippen molar-refractivity contribution in [3.05, 3.63) is 59.1 Å². The van der Waals surface area contributed by atoms with Crippen LogP contribution in [0.1, 0.15) is 42.3 Å². The van der Waals surface area contributed by atoms with E-state index in [-0.39, 0.29) is 30.3 Å². The lowest BCUT2D eigenvalue weighted by molar-refractivity contribution is -0.120. The lowest BCUT2D eigenvalue weighted by Gasteiger charge is -2.19. The maximum atomic E-state index is 12.6. The molecule has 1 aromatic heterocycles. The summed E-state index contributed by atoms with van der Waals surface area (Å²) in [6.07, 6.45) is 2.50. The van der Waals surface area contributed by atoms with Gasteiger partial charge in [0.25, 0.3) is 0 Å². The summed E-state index contributed by atoms with van der Waals surface area (Å²) in [5, 5.41) is 4.22. The summed E-state index contributed by atoms with van der Waals surface area (Å²) in [6, 6.07) is 15.3. The third-order valence-corrected chi connectivity index (χ3v) is 5.92. The largest absolute Gasteiger partial charge is 0.326 e. The Bertz CT molecular complexity index is 908. The first kappa shape index (κ1) is 18.8. The number of nitrogens with one attached hydrogen (secondary N) is 1. The van der Waals surface area contributed by atoms with Crippen LogP contribution >= 0.6 is 23.7 Å². The van der Waals surface area contributed by atoms with Gasteiger partial charge in [-0.2, -0.15) is 0 Å². The Morgan fingerprint density at radius 3 is 2.65 bits per heavy atom. The first-order chi connectivity index (χ1) is 12.1. The zero-order valence-electron chi connectivity index (χ0n) is 14.5. The predicted molar refractivity (Wildman–Crippen MR) is 110 cm³/mol. The third-order valence-electron chi connectivity index (χ3n) is 4.74. The summed E-state index contributed by atoms with van der Waals surface area (Å²) < 4.78 is 1.12. The summed E-state index contributed by atoms with van der Waals surface area (Å²) in [7, 11) is 0. The second kappa shape index (κ2) is 7.74. The Morgan fingerprint density at radius 1 is 1.23 bits per heavy atom. The summed E-state index contributed by atoms with van der Waals surface area (Å²) in [5.41, 5.74) is 9.04. The van der Waals surface area contributed by atoms with Gasteiger partial charge in [0.2, 0.25) is 5.91 Å². The molecule has 0 saturated heterocycles. The van der Waals surface area contributed by atoms with Crippen LogP contribution in [-0.4, -0.2) is 10.9 Å². The number of anilines is 1. The van der Waals surface area contributed by atoms with Crippen LogP contribution in [0.25, 0.3) is 10.2 Å². The molecule has 2 aromatic carbocycles.